The van der Waals surface area contributed by atoms with Crippen molar-refractivity contribution in [3.63, 3.8) is 0 Å². The Balaban J connectivity index is 2.29. The lowest BCUT2D eigenvalue weighted by Crippen LogP contribution is -2.25. The number of nitrogens with one attached hydrogen (secondary N) is 1. The topological polar surface area (TPSA) is 72.2 Å². The number of nitro groups is 1. The van der Waals surface area contributed by atoms with Crippen LogP contribution < -0.4 is 5.32 Å². The Labute approximate surface area is 128 Å². The molecule has 2 rings (SSSR count). The van der Waals surface area contributed by atoms with Crippen molar-refractivity contribution in [1.29, 1.82) is 0 Å². The van der Waals surface area contributed by atoms with Gasteiger partial charge in [-0.05, 0) is 18.1 Å². The average molecular weight is 324 g/mol. The lowest BCUT2D eigenvalue weighted by Gasteiger charge is -2.09. The summed E-state index contributed by atoms with van der Waals surface area (Å²) in [4.78, 5) is 21.3. The fourth-order valence-electron chi connectivity index (χ4n) is 1.97. The predicted molar refractivity (Wildman–Crippen MR) is 75.3 cm³/mol. The number of benzene rings is 2. The minimum atomic E-state index is -2.06. The molecule has 0 unspecified atom stereocenters. The van der Waals surface area contributed by atoms with Gasteiger partial charge in [-0.2, -0.15) is 4.39 Å². The van der Waals surface area contributed by atoms with Crippen molar-refractivity contribution in [2.24, 2.45) is 0 Å². The smallest absolute Gasteiger partial charge is 0.308 e. The second kappa shape index (κ2) is 6.47. The zero-order valence-corrected chi connectivity index (χ0v) is 11.9. The van der Waals surface area contributed by atoms with Crippen LogP contribution in [-0.4, -0.2) is 10.8 Å². The molecule has 2 aromatic rings. The highest BCUT2D eigenvalue weighted by molar-refractivity contribution is 5.95. The number of rotatable bonds is 4. The zero-order chi connectivity index (χ0) is 17.1. The molecule has 2 aromatic carbocycles. The molecule has 5 nitrogen and oxygen atoms in total. The third kappa shape index (κ3) is 3.31. The van der Waals surface area contributed by atoms with Crippen molar-refractivity contribution >= 4 is 11.6 Å². The van der Waals surface area contributed by atoms with Crippen LogP contribution in [0.25, 0.3) is 0 Å². The van der Waals surface area contributed by atoms with E-state index >= 15 is 0 Å². The normalized spacial score (nSPS) is 10.4. The Bertz CT molecular complexity index is 794. The first-order valence-corrected chi connectivity index (χ1v) is 6.47. The Morgan fingerprint density at radius 1 is 1.17 bits per heavy atom. The van der Waals surface area contributed by atoms with E-state index in [1.807, 2.05) is 0 Å². The number of carbonyl (C=O) groups excluding carboxylic acids is 1. The summed E-state index contributed by atoms with van der Waals surface area (Å²) < 4.78 is 40.3. The van der Waals surface area contributed by atoms with Crippen molar-refractivity contribution in [3.05, 3.63) is 74.6 Å². The molecular formula is C15H11F3N2O3. The molecule has 8 heteroatoms. The van der Waals surface area contributed by atoms with Crippen molar-refractivity contribution in [1.82, 2.24) is 5.32 Å². The first-order valence-electron chi connectivity index (χ1n) is 6.47. The van der Waals surface area contributed by atoms with Crippen LogP contribution >= 0.6 is 0 Å². The molecule has 0 saturated heterocycles. The Morgan fingerprint density at radius 3 is 2.43 bits per heavy atom. The van der Waals surface area contributed by atoms with Gasteiger partial charge >= 0.3 is 5.69 Å². The van der Waals surface area contributed by atoms with Gasteiger partial charge in [-0.25, -0.2) is 8.78 Å². The van der Waals surface area contributed by atoms with Crippen LogP contribution in [0.1, 0.15) is 21.5 Å². The van der Waals surface area contributed by atoms with Crippen molar-refractivity contribution in [3.8, 4) is 0 Å². The molecule has 0 fully saturated rings. The van der Waals surface area contributed by atoms with E-state index in [0.29, 0.717) is 6.07 Å². The van der Waals surface area contributed by atoms with Gasteiger partial charge in [0.2, 0.25) is 11.6 Å². The quantitative estimate of drug-likeness (QED) is 0.533. The van der Waals surface area contributed by atoms with Crippen molar-refractivity contribution in [2.75, 3.05) is 0 Å². The molecule has 0 heterocycles. The second-order valence-electron chi connectivity index (χ2n) is 4.75. The molecule has 0 aromatic heterocycles. The number of nitrogens with zero attached hydrogens (tertiary/aromatic N) is 1. The van der Waals surface area contributed by atoms with Crippen LogP contribution in [0.3, 0.4) is 0 Å². The molecule has 0 saturated carbocycles. The molecule has 0 radical (unpaired) electrons. The van der Waals surface area contributed by atoms with Gasteiger partial charge in [0.05, 0.1) is 10.5 Å². The number of nitro benzene ring substituents is 1. The van der Waals surface area contributed by atoms with Gasteiger partial charge in [0.15, 0.2) is 5.82 Å². The van der Waals surface area contributed by atoms with E-state index in [9.17, 15) is 28.1 Å². The molecule has 0 aliphatic heterocycles. The molecule has 0 spiro atoms. The van der Waals surface area contributed by atoms with E-state index in [1.165, 1.54) is 0 Å². The van der Waals surface area contributed by atoms with Gasteiger partial charge in [-0.3, -0.25) is 14.9 Å². The van der Waals surface area contributed by atoms with E-state index in [4.69, 9.17) is 0 Å². The monoisotopic (exact) mass is 324 g/mol. The number of hydrogen-bond acceptors (Lipinski definition) is 3. The van der Waals surface area contributed by atoms with Gasteiger partial charge in [-0.1, -0.05) is 24.3 Å². The maximum atomic E-state index is 13.7. The fourth-order valence-corrected chi connectivity index (χ4v) is 1.97. The highest BCUT2D eigenvalue weighted by Crippen LogP contribution is 2.25. The number of carbonyl (C=O) groups is 1. The van der Waals surface area contributed by atoms with Crippen LogP contribution in [-0.2, 0) is 6.54 Å². The third-order valence-corrected chi connectivity index (χ3v) is 3.27. The average Bonchev–Trinajstić information content (AvgIpc) is 2.51. The number of amides is 1. The Hall–Kier alpha value is -2.90. The summed E-state index contributed by atoms with van der Waals surface area (Å²) in [5, 5.41) is 12.9. The largest absolute Gasteiger partial charge is 0.348 e. The van der Waals surface area contributed by atoms with Gasteiger partial charge < -0.3 is 5.32 Å². The third-order valence-electron chi connectivity index (χ3n) is 3.27. The van der Waals surface area contributed by atoms with Crippen LogP contribution in [0.15, 0.2) is 30.3 Å². The van der Waals surface area contributed by atoms with Crippen molar-refractivity contribution < 1.29 is 22.9 Å². The van der Waals surface area contributed by atoms with Crippen LogP contribution in [0.5, 0.6) is 0 Å². The van der Waals surface area contributed by atoms with E-state index in [2.05, 4.69) is 5.32 Å². The second-order valence-corrected chi connectivity index (χ2v) is 4.75. The first-order chi connectivity index (χ1) is 10.8. The SMILES string of the molecule is Cc1ccccc1CNC(=O)c1cc([N+](=O)[O-])c(F)c(F)c1F. The molecule has 0 bridgehead atoms. The summed E-state index contributed by atoms with van der Waals surface area (Å²) in [7, 11) is 0. The molecule has 1 N–H and O–H groups in total. The lowest BCUT2D eigenvalue weighted by atomic mass is 10.1. The molecule has 0 aliphatic carbocycles. The summed E-state index contributed by atoms with van der Waals surface area (Å²) in [6, 6.07) is 7.42. The maximum absolute atomic E-state index is 13.7. The van der Waals surface area contributed by atoms with Gasteiger partial charge in [-0.15, -0.1) is 0 Å². The standard InChI is InChI=1S/C15H11F3N2O3/c1-8-4-2-3-5-9(8)7-19-15(21)10-6-11(20(22)23)13(17)14(18)12(10)16/h2-6H,7H2,1H3,(H,19,21). The van der Waals surface area contributed by atoms with Gasteiger partial charge in [0, 0.05) is 12.6 Å². The van der Waals surface area contributed by atoms with E-state index in [-0.39, 0.29) is 6.54 Å². The van der Waals surface area contributed by atoms with E-state index in [1.54, 1.807) is 31.2 Å². The van der Waals surface area contributed by atoms with Gasteiger partial charge in [0.1, 0.15) is 0 Å². The molecular weight excluding hydrogens is 313 g/mol. The molecule has 23 heavy (non-hydrogen) atoms. The first kappa shape index (κ1) is 16.5. The maximum Gasteiger partial charge on any atom is 0.308 e. The number of aryl methyl sites for hydroxylation is 1. The summed E-state index contributed by atoms with van der Waals surface area (Å²) in [5.74, 6) is -6.84. The highest BCUT2D eigenvalue weighted by atomic mass is 19.2. The Morgan fingerprint density at radius 2 is 1.83 bits per heavy atom. The summed E-state index contributed by atoms with van der Waals surface area (Å²) in [5.41, 5.74) is -0.628. The molecule has 120 valence electrons. The Kier molecular flexibility index (Phi) is 4.63. The summed E-state index contributed by atoms with van der Waals surface area (Å²) >= 11 is 0. The van der Waals surface area contributed by atoms with E-state index < -0.39 is 39.5 Å². The molecule has 1 amide bonds. The fraction of sp³-hybridized carbons (Fsp3) is 0.133. The van der Waals surface area contributed by atoms with Crippen molar-refractivity contribution in [2.45, 2.75) is 13.5 Å². The van der Waals surface area contributed by atoms with E-state index in [0.717, 1.165) is 11.1 Å². The molecule has 0 aliphatic rings. The minimum absolute atomic E-state index is 0.0116. The van der Waals surface area contributed by atoms with Crippen LogP contribution in [0.2, 0.25) is 0 Å². The lowest BCUT2D eigenvalue weighted by molar-refractivity contribution is -0.387. The summed E-state index contributed by atoms with van der Waals surface area (Å²) in [6.45, 7) is 1.81. The predicted octanol–water partition coefficient (Wildman–Crippen LogP) is 3.25. The van der Waals surface area contributed by atoms with Crippen LogP contribution in [0.4, 0.5) is 18.9 Å². The zero-order valence-electron chi connectivity index (χ0n) is 11.9. The number of halogens is 3. The summed E-state index contributed by atoms with van der Waals surface area (Å²) in [6.07, 6.45) is 0. The van der Waals surface area contributed by atoms with Gasteiger partial charge in [0.25, 0.3) is 5.91 Å². The number of hydrogen-bond donors (Lipinski definition) is 1. The molecule has 0 atom stereocenters. The highest BCUT2D eigenvalue weighted by Gasteiger charge is 2.28. The minimum Gasteiger partial charge on any atom is -0.348 e. The van der Waals surface area contributed by atoms with Crippen LogP contribution in [0, 0.1) is 34.5 Å².